The first kappa shape index (κ1) is 21.8. The molecule has 1 aliphatic rings. The summed E-state index contributed by atoms with van der Waals surface area (Å²) in [7, 11) is 5.43. The van der Waals surface area contributed by atoms with Crippen molar-refractivity contribution in [3.05, 3.63) is 65.5 Å². The number of carbonyl (C=O) groups excluding carboxylic acids is 1. The summed E-state index contributed by atoms with van der Waals surface area (Å²) in [6.07, 6.45) is 1.93. The van der Waals surface area contributed by atoms with Gasteiger partial charge in [-0.1, -0.05) is 30.3 Å². The molecular formula is C23H30FN5O. The Morgan fingerprint density at radius 2 is 1.90 bits per heavy atom. The number of likely N-dealkylation sites (N-methyl/N-ethyl adjacent to an activating group) is 1. The van der Waals surface area contributed by atoms with E-state index in [1.54, 1.807) is 13.1 Å². The number of amides is 1. The van der Waals surface area contributed by atoms with Gasteiger partial charge in [0.05, 0.1) is 6.54 Å². The SMILES string of the molecule is CN=C(NCc1cccc(NC(=O)CN(C)C)c1)NCC1(c2ccccc2F)CC1. The fourth-order valence-electron chi connectivity index (χ4n) is 3.49. The van der Waals surface area contributed by atoms with Crippen molar-refractivity contribution >= 4 is 17.6 Å². The van der Waals surface area contributed by atoms with E-state index >= 15 is 0 Å². The molecule has 0 heterocycles. The van der Waals surface area contributed by atoms with E-state index in [2.05, 4.69) is 20.9 Å². The zero-order chi connectivity index (χ0) is 21.6. The molecule has 0 saturated heterocycles. The molecule has 0 bridgehead atoms. The van der Waals surface area contributed by atoms with Crippen molar-refractivity contribution in [2.24, 2.45) is 4.99 Å². The van der Waals surface area contributed by atoms with Crippen molar-refractivity contribution in [1.29, 1.82) is 0 Å². The predicted octanol–water partition coefficient (Wildman–Crippen LogP) is 2.72. The fourth-order valence-corrected chi connectivity index (χ4v) is 3.49. The maximum atomic E-state index is 14.2. The standard InChI is InChI=1S/C23H30FN5O/c1-25-22(27-16-23(11-12-23)19-9-4-5-10-20(19)24)26-14-17-7-6-8-18(13-17)28-21(30)15-29(2)3/h4-10,13H,11-12,14-16H2,1-3H3,(H,28,30)(H2,25,26,27). The van der Waals surface area contributed by atoms with Crippen LogP contribution in [0.4, 0.5) is 10.1 Å². The predicted molar refractivity (Wildman–Crippen MR) is 119 cm³/mol. The molecule has 1 saturated carbocycles. The highest BCUT2D eigenvalue weighted by atomic mass is 19.1. The minimum absolute atomic E-state index is 0.0505. The maximum absolute atomic E-state index is 14.2. The lowest BCUT2D eigenvalue weighted by Gasteiger charge is -2.19. The Kier molecular flexibility index (Phi) is 7.05. The second-order valence-corrected chi connectivity index (χ2v) is 8.03. The molecule has 1 aliphatic carbocycles. The second kappa shape index (κ2) is 9.71. The second-order valence-electron chi connectivity index (χ2n) is 8.03. The van der Waals surface area contributed by atoms with E-state index in [0.717, 1.165) is 29.7 Å². The molecule has 2 aromatic rings. The van der Waals surface area contributed by atoms with Gasteiger partial charge in [-0.25, -0.2) is 4.39 Å². The smallest absolute Gasteiger partial charge is 0.238 e. The quantitative estimate of drug-likeness (QED) is 0.462. The van der Waals surface area contributed by atoms with Crippen molar-refractivity contribution in [1.82, 2.24) is 15.5 Å². The van der Waals surface area contributed by atoms with Crippen molar-refractivity contribution in [3.8, 4) is 0 Å². The van der Waals surface area contributed by atoms with Crippen LogP contribution in [0.25, 0.3) is 0 Å². The van der Waals surface area contributed by atoms with Crippen molar-refractivity contribution in [2.75, 3.05) is 39.5 Å². The van der Waals surface area contributed by atoms with Crippen LogP contribution in [-0.4, -0.2) is 51.0 Å². The molecule has 1 fully saturated rings. The van der Waals surface area contributed by atoms with Gasteiger partial charge in [0.1, 0.15) is 5.82 Å². The van der Waals surface area contributed by atoms with Crippen LogP contribution in [0.3, 0.4) is 0 Å². The number of aliphatic imine (C=N–C) groups is 1. The summed E-state index contributed by atoms with van der Waals surface area (Å²) in [5.41, 5.74) is 2.41. The van der Waals surface area contributed by atoms with Gasteiger partial charge in [0.15, 0.2) is 5.96 Å². The summed E-state index contributed by atoms with van der Waals surface area (Å²) >= 11 is 0. The number of nitrogens with zero attached hydrogens (tertiary/aromatic N) is 2. The summed E-state index contributed by atoms with van der Waals surface area (Å²) in [5.74, 6) is 0.470. The number of hydrogen-bond acceptors (Lipinski definition) is 3. The Morgan fingerprint density at radius 3 is 2.57 bits per heavy atom. The Labute approximate surface area is 177 Å². The summed E-state index contributed by atoms with van der Waals surface area (Å²) in [6.45, 7) is 1.53. The third-order valence-electron chi connectivity index (χ3n) is 5.25. The van der Waals surface area contributed by atoms with Gasteiger partial charge in [-0.15, -0.1) is 0 Å². The molecular weight excluding hydrogens is 381 g/mol. The van der Waals surface area contributed by atoms with Gasteiger partial charge in [-0.05, 0) is 56.3 Å². The molecule has 1 amide bonds. The van der Waals surface area contributed by atoms with Crippen LogP contribution < -0.4 is 16.0 Å². The molecule has 30 heavy (non-hydrogen) atoms. The number of rotatable bonds is 8. The first-order chi connectivity index (χ1) is 14.4. The topological polar surface area (TPSA) is 68.8 Å². The number of guanidine groups is 1. The number of halogens is 1. The lowest BCUT2D eigenvalue weighted by molar-refractivity contribution is -0.116. The normalized spacial score (nSPS) is 15.0. The van der Waals surface area contributed by atoms with E-state index in [0.29, 0.717) is 25.6 Å². The lowest BCUT2D eigenvalue weighted by atomic mass is 9.95. The zero-order valence-corrected chi connectivity index (χ0v) is 17.8. The van der Waals surface area contributed by atoms with Crippen LogP contribution in [-0.2, 0) is 16.8 Å². The molecule has 0 radical (unpaired) electrons. The number of nitrogens with one attached hydrogen (secondary N) is 3. The third-order valence-corrected chi connectivity index (χ3v) is 5.25. The fraction of sp³-hybridized carbons (Fsp3) is 0.391. The highest BCUT2D eigenvalue weighted by Crippen LogP contribution is 2.48. The van der Waals surface area contributed by atoms with E-state index in [9.17, 15) is 9.18 Å². The molecule has 0 unspecified atom stereocenters. The third kappa shape index (κ3) is 5.79. The molecule has 2 aromatic carbocycles. The van der Waals surface area contributed by atoms with E-state index in [1.807, 2.05) is 55.4 Å². The molecule has 0 aromatic heterocycles. The molecule has 3 N–H and O–H groups in total. The molecule has 7 heteroatoms. The minimum Gasteiger partial charge on any atom is -0.356 e. The van der Waals surface area contributed by atoms with E-state index in [4.69, 9.17) is 0 Å². The number of benzene rings is 2. The van der Waals surface area contributed by atoms with E-state index < -0.39 is 0 Å². The Morgan fingerprint density at radius 1 is 1.13 bits per heavy atom. The molecule has 0 aliphatic heterocycles. The van der Waals surface area contributed by atoms with Crippen LogP contribution >= 0.6 is 0 Å². The Balaban J connectivity index is 1.53. The molecule has 0 atom stereocenters. The summed E-state index contributed by atoms with van der Waals surface area (Å²) in [4.78, 5) is 18.1. The average Bonchev–Trinajstić information content (AvgIpc) is 3.49. The van der Waals surface area contributed by atoms with Crippen molar-refractivity contribution in [2.45, 2.75) is 24.8 Å². The summed E-state index contributed by atoms with van der Waals surface area (Å²) < 4.78 is 14.2. The van der Waals surface area contributed by atoms with Crippen LogP contribution in [0.15, 0.2) is 53.5 Å². The number of hydrogen-bond donors (Lipinski definition) is 3. The first-order valence-corrected chi connectivity index (χ1v) is 10.1. The first-order valence-electron chi connectivity index (χ1n) is 10.1. The molecule has 6 nitrogen and oxygen atoms in total. The van der Waals surface area contributed by atoms with E-state index in [-0.39, 0.29) is 17.1 Å². The highest BCUT2D eigenvalue weighted by molar-refractivity contribution is 5.92. The number of carbonyl (C=O) groups is 1. The van der Waals surface area contributed by atoms with Gasteiger partial charge >= 0.3 is 0 Å². The van der Waals surface area contributed by atoms with Gasteiger partial charge in [-0.3, -0.25) is 9.79 Å². The van der Waals surface area contributed by atoms with Gasteiger partial charge in [0.2, 0.25) is 5.91 Å². The zero-order valence-electron chi connectivity index (χ0n) is 17.8. The van der Waals surface area contributed by atoms with Crippen molar-refractivity contribution in [3.63, 3.8) is 0 Å². The Bertz CT molecular complexity index is 908. The van der Waals surface area contributed by atoms with Crippen LogP contribution in [0.1, 0.15) is 24.0 Å². The summed E-state index contributed by atoms with van der Waals surface area (Å²) in [6, 6.07) is 14.7. The van der Waals surface area contributed by atoms with Crippen LogP contribution in [0, 0.1) is 5.82 Å². The largest absolute Gasteiger partial charge is 0.356 e. The minimum atomic E-state index is -0.153. The molecule has 0 spiro atoms. The molecule has 160 valence electrons. The Hall–Kier alpha value is -2.93. The monoisotopic (exact) mass is 411 g/mol. The molecule has 3 rings (SSSR count). The van der Waals surface area contributed by atoms with Crippen LogP contribution in [0.5, 0.6) is 0 Å². The van der Waals surface area contributed by atoms with Gasteiger partial charge < -0.3 is 20.9 Å². The summed E-state index contributed by atoms with van der Waals surface area (Å²) in [5, 5.41) is 9.52. The van der Waals surface area contributed by atoms with Gasteiger partial charge in [0.25, 0.3) is 0 Å². The maximum Gasteiger partial charge on any atom is 0.238 e. The van der Waals surface area contributed by atoms with Crippen LogP contribution in [0.2, 0.25) is 0 Å². The number of anilines is 1. The highest BCUT2D eigenvalue weighted by Gasteiger charge is 2.45. The lowest BCUT2D eigenvalue weighted by Crippen LogP contribution is -2.41. The van der Waals surface area contributed by atoms with Crippen molar-refractivity contribution < 1.29 is 9.18 Å². The average molecular weight is 412 g/mol. The van der Waals surface area contributed by atoms with E-state index in [1.165, 1.54) is 6.07 Å². The van der Waals surface area contributed by atoms with Gasteiger partial charge in [-0.2, -0.15) is 0 Å². The van der Waals surface area contributed by atoms with Gasteiger partial charge in [0, 0.05) is 31.2 Å².